The summed E-state index contributed by atoms with van der Waals surface area (Å²) in [5.41, 5.74) is 0.00586. The molecule has 9 nitrogen and oxygen atoms in total. The monoisotopic (exact) mass is 624 g/mol. The molecule has 1 saturated heterocycles. The van der Waals surface area contributed by atoms with E-state index in [9.17, 15) is 14.7 Å². The average molecular weight is 625 g/mol. The van der Waals surface area contributed by atoms with Gasteiger partial charge in [-0.25, -0.2) is 4.79 Å². The molecule has 248 valence electrons. The molecule has 1 heterocycles. The van der Waals surface area contributed by atoms with E-state index >= 15 is 0 Å². The number of anilines is 1. The van der Waals surface area contributed by atoms with Gasteiger partial charge in [-0.3, -0.25) is 9.69 Å². The second-order valence-electron chi connectivity index (χ2n) is 15.0. The van der Waals surface area contributed by atoms with Gasteiger partial charge >= 0.3 is 5.97 Å². The molecule has 6 fully saturated rings. The van der Waals surface area contributed by atoms with Crippen LogP contribution in [0.4, 0.5) is 5.69 Å². The summed E-state index contributed by atoms with van der Waals surface area (Å²) in [6, 6.07) is 7.35. The fourth-order valence-corrected chi connectivity index (χ4v) is 12.2. The number of carbonyl (C=O) groups is 2. The molecule has 2 N–H and O–H groups in total. The number of carbonyl (C=O) groups excluding carboxylic acids is 2. The van der Waals surface area contributed by atoms with Crippen LogP contribution in [-0.4, -0.2) is 92.4 Å². The minimum Gasteiger partial charge on any atom is -0.461 e. The Morgan fingerprint density at radius 3 is 2.62 bits per heavy atom. The van der Waals surface area contributed by atoms with Crippen LogP contribution in [0, 0.1) is 40.4 Å². The van der Waals surface area contributed by atoms with Crippen LogP contribution in [0.25, 0.3) is 0 Å². The molecule has 6 aliphatic rings. The average Bonchev–Trinajstić information content (AvgIpc) is 3.44. The predicted octanol–water partition coefficient (Wildman–Crippen LogP) is 4.52. The SMILES string of the molecule is CCCCO[C@]12C[C@H](OC)[C@H]3C[C@H]([C@@H]1[C@H]3O)[C@@]13[C@@H](OC)CC[C@@]4(COC(=O)c5ccccc5NC(C)=O)CN(CC)[C@@H]1[C@@H]2C[C@H]43. The number of nitrogens with zero attached hydrogens (tertiary/aromatic N) is 1. The number of rotatable bonds is 11. The van der Waals surface area contributed by atoms with E-state index in [-0.39, 0.29) is 64.6 Å². The molecule has 7 rings (SSSR count). The maximum atomic E-state index is 13.7. The highest BCUT2D eigenvalue weighted by atomic mass is 16.5. The van der Waals surface area contributed by atoms with Gasteiger partial charge < -0.3 is 29.4 Å². The van der Waals surface area contributed by atoms with Crippen molar-refractivity contribution in [2.45, 2.75) is 95.7 Å². The van der Waals surface area contributed by atoms with Gasteiger partial charge in [0.2, 0.25) is 5.91 Å². The maximum Gasteiger partial charge on any atom is 0.340 e. The standard InChI is InChI=1S/C36H52N2O7/c1-6-8-15-45-35-18-27(42-4)23-16-24(30(35)31(23)40)36-28-17-25(35)32(36)38(7-2)19-34(28,14-13-29(36)43-5)20-44-33(41)22-11-9-10-12-26(22)37-21(3)39/h9-12,23-25,27-32,40H,6-8,13-20H2,1-5H3,(H,37,39)/t23-,24-,25+,27+,28-,29+,30-,31+,32-,34+,35+,36-/m1/s1. The molecular formula is C36H52N2O7. The molecule has 0 radical (unpaired) electrons. The second-order valence-corrected chi connectivity index (χ2v) is 15.0. The summed E-state index contributed by atoms with van der Waals surface area (Å²) >= 11 is 0. The van der Waals surface area contributed by atoms with Gasteiger partial charge in [-0.1, -0.05) is 32.4 Å². The number of fused-ring (bicyclic) bond motifs is 2. The lowest BCUT2D eigenvalue weighted by molar-refractivity contribution is -0.285. The Morgan fingerprint density at radius 2 is 1.91 bits per heavy atom. The summed E-state index contributed by atoms with van der Waals surface area (Å²) in [5.74, 6) is 0.275. The van der Waals surface area contributed by atoms with Gasteiger partial charge in [-0.2, -0.15) is 0 Å². The Hall–Kier alpha value is -2.04. The zero-order valence-corrected chi connectivity index (χ0v) is 27.6. The van der Waals surface area contributed by atoms with Crippen LogP contribution >= 0.6 is 0 Å². The molecule has 5 aliphatic carbocycles. The summed E-state index contributed by atoms with van der Waals surface area (Å²) in [7, 11) is 3.68. The third-order valence-electron chi connectivity index (χ3n) is 13.5. The smallest absolute Gasteiger partial charge is 0.340 e. The first-order chi connectivity index (χ1) is 21.7. The van der Waals surface area contributed by atoms with Crippen LogP contribution < -0.4 is 5.32 Å². The lowest BCUT2D eigenvalue weighted by atomic mass is 9.43. The van der Waals surface area contributed by atoms with Gasteiger partial charge in [0.05, 0.1) is 41.8 Å². The van der Waals surface area contributed by atoms with Gasteiger partial charge in [0.25, 0.3) is 0 Å². The first-order valence-electron chi connectivity index (χ1n) is 17.4. The van der Waals surface area contributed by atoms with E-state index in [0.717, 1.165) is 58.0 Å². The first-order valence-corrected chi connectivity index (χ1v) is 17.4. The largest absolute Gasteiger partial charge is 0.461 e. The normalized spacial score (nSPS) is 44.1. The van der Waals surface area contributed by atoms with Gasteiger partial charge in [-0.15, -0.1) is 0 Å². The maximum absolute atomic E-state index is 13.7. The molecule has 12 atom stereocenters. The molecule has 1 aromatic carbocycles. The Kier molecular flexibility index (Phi) is 8.12. The summed E-state index contributed by atoms with van der Waals surface area (Å²) in [6.07, 6.45) is 6.22. The fraction of sp³-hybridized carbons (Fsp3) is 0.778. The molecule has 0 aromatic heterocycles. The van der Waals surface area contributed by atoms with E-state index in [0.29, 0.717) is 24.5 Å². The third-order valence-corrected chi connectivity index (χ3v) is 13.5. The third kappa shape index (κ3) is 4.29. The lowest BCUT2D eigenvalue weighted by Gasteiger charge is -2.70. The van der Waals surface area contributed by atoms with Crippen molar-refractivity contribution in [3.05, 3.63) is 29.8 Å². The highest BCUT2D eigenvalue weighted by Gasteiger charge is 2.84. The van der Waals surface area contributed by atoms with E-state index in [1.165, 1.54) is 6.92 Å². The number of esters is 1. The summed E-state index contributed by atoms with van der Waals surface area (Å²) in [6.45, 7) is 8.69. The number of aliphatic hydroxyl groups is 1. The van der Waals surface area contributed by atoms with Crippen LogP contribution in [0.1, 0.15) is 76.1 Å². The van der Waals surface area contributed by atoms with Crippen LogP contribution in [0.15, 0.2) is 24.3 Å². The van der Waals surface area contributed by atoms with Gasteiger partial charge in [0.1, 0.15) is 0 Å². The van der Waals surface area contributed by atoms with Crippen LogP contribution in [0.5, 0.6) is 0 Å². The van der Waals surface area contributed by atoms with Crippen molar-refractivity contribution in [1.82, 2.24) is 4.90 Å². The first kappa shape index (κ1) is 31.6. The molecule has 1 aliphatic heterocycles. The zero-order chi connectivity index (χ0) is 31.7. The van der Waals surface area contributed by atoms with Gasteiger partial charge in [-0.05, 0) is 62.6 Å². The molecule has 1 amide bonds. The molecular weight excluding hydrogens is 572 g/mol. The number of piperidine rings is 1. The van der Waals surface area contributed by atoms with Gasteiger partial charge in [0, 0.05) is 75.3 Å². The zero-order valence-electron chi connectivity index (χ0n) is 27.6. The molecule has 7 bridgehead atoms. The van der Waals surface area contributed by atoms with E-state index in [1.807, 2.05) is 13.2 Å². The number of hydrogen-bond acceptors (Lipinski definition) is 8. The fourth-order valence-electron chi connectivity index (χ4n) is 12.2. The molecule has 0 unspecified atom stereocenters. The number of amides is 1. The van der Waals surface area contributed by atoms with E-state index in [1.54, 1.807) is 25.3 Å². The Morgan fingerprint density at radius 1 is 1.11 bits per heavy atom. The molecule has 9 heteroatoms. The number of methoxy groups -OCH3 is 2. The Bertz CT molecular complexity index is 1310. The van der Waals surface area contributed by atoms with Crippen LogP contribution in [0.3, 0.4) is 0 Å². The summed E-state index contributed by atoms with van der Waals surface area (Å²) < 4.78 is 26.1. The van der Waals surface area contributed by atoms with E-state index in [4.69, 9.17) is 18.9 Å². The van der Waals surface area contributed by atoms with Crippen molar-refractivity contribution >= 4 is 17.6 Å². The molecule has 45 heavy (non-hydrogen) atoms. The Labute approximate surface area is 267 Å². The predicted molar refractivity (Wildman–Crippen MR) is 169 cm³/mol. The number of hydrogen-bond donors (Lipinski definition) is 2. The number of aliphatic hydroxyl groups excluding tert-OH is 1. The van der Waals surface area contributed by atoms with Crippen molar-refractivity contribution < 1.29 is 33.6 Å². The van der Waals surface area contributed by atoms with Crippen molar-refractivity contribution in [2.75, 3.05) is 45.8 Å². The lowest BCUT2D eigenvalue weighted by Crippen LogP contribution is -2.76. The number of para-hydroxylation sites is 1. The topological polar surface area (TPSA) is 107 Å². The number of unbranched alkanes of at least 4 members (excludes halogenated alkanes) is 1. The molecule has 5 saturated carbocycles. The molecule has 1 spiro atoms. The van der Waals surface area contributed by atoms with Crippen molar-refractivity contribution in [1.29, 1.82) is 0 Å². The Balaban J connectivity index is 1.30. The highest BCUT2D eigenvalue weighted by Crippen LogP contribution is 2.79. The number of ether oxygens (including phenoxy) is 4. The molecule has 1 aromatic rings. The quantitative estimate of drug-likeness (QED) is 0.274. The van der Waals surface area contributed by atoms with E-state index in [2.05, 4.69) is 24.1 Å². The van der Waals surface area contributed by atoms with Crippen molar-refractivity contribution in [2.24, 2.45) is 40.4 Å². The minimum atomic E-state index is -0.458. The number of benzene rings is 1. The minimum absolute atomic E-state index is 0.0208. The van der Waals surface area contributed by atoms with Crippen LogP contribution in [-0.2, 0) is 23.7 Å². The van der Waals surface area contributed by atoms with E-state index < -0.39 is 17.7 Å². The summed E-state index contributed by atoms with van der Waals surface area (Å²) in [5, 5.41) is 14.9. The van der Waals surface area contributed by atoms with Crippen molar-refractivity contribution in [3.8, 4) is 0 Å². The summed E-state index contributed by atoms with van der Waals surface area (Å²) in [4.78, 5) is 28.2. The second kappa shape index (κ2) is 11.6. The van der Waals surface area contributed by atoms with Gasteiger partial charge in [0.15, 0.2) is 0 Å². The highest BCUT2D eigenvalue weighted by molar-refractivity contribution is 6.00. The van der Waals surface area contributed by atoms with Crippen molar-refractivity contribution in [3.63, 3.8) is 0 Å². The number of nitrogens with one attached hydrogen (secondary N) is 1. The number of likely N-dealkylation sites (tertiary alicyclic amines) is 1. The van der Waals surface area contributed by atoms with Crippen LogP contribution in [0.2, 0.25) is 0 Å².